The zero-order valence-electron chi connectivity index (χ0n) is 11.1. The van der Waals surface area contributed by atoms with E-state index in [1.54, 1.807) is 13.0 Å². The average Bonchev–Trinajstić information content (AvgIpc) is 2.41. The van der Waals surface area contributed by atoms with Crippen LogP contribution in [0, 0.1) is 17.1 Å². The molecule has 4 heteroatoms. The van der Waals surface area contributed by atoms with Crippen molar-refractivity contribution in [3.05, 3.63) is 35.1 Å². The van der Waals surface area contributed by atoms with Crippen LogP contribution >= 0.6 is 0 Å². The van der Waals surface area contributed by atoms with Crippen LogP contribution in [0.4, 0.5) is 4.39 Å². The van der Waals surface area contributed by atoms with Crippen LogP contribution in [-0.4, -0.2) is 28.7 Å². The first-order chi connectivity index (χ1) is 9.11. The maximum atomic E-state index is 13.1. The van der Waals surface area contributed by atoms with E-state index in [0.29, 0.717) is 12.1 Å². The van der Waals surface area contributed by atoms with Gasteiger partial charge in [-0.3, -0.25) is 4.90 Å². The molecular formula is C15H19FN2O. The number of nitrogens with zero attached hydrogens (tertiary/aromatic N) is 2. The van der Waals surface area contributed by atoms with Gasteiger partial charge in [0.2, 0.25) is 0 Å². The predicted molar refractivity (Wildman–Crippen MR) is 70.8 cm³/mol. The van der Waals surface area contributed by atoms with Gasteiger partial charge in [0.15, 0.2) is 0 Å². The van der Waals surface area contributed by atoms with Crippen molar-refractivity contribution in [3.63, 3.8) is 0 Å². The van der Waals surface area contributed by atoms with E-state index in [1.807, 2.05) is 6.07 Å². The SMILES string of the molecule is CC(O)C1CCCCN1Cc1ccc(F)cc1C#N. The number of likely N-dealkylation sites (tertiary alicyclic amines) is 1. The number of halogens is 1. The van der Waals surface area contributed by atoms with E-state index in [0.717, 1.165) is 31.4 Å². The molecule has 19 heavy (non-hydrogen) atoms. The minimum Gasteiger partial charge on any atom is -0.392 e. The fraction of sp³-hybridized carbons (Fsp3) is 0.533. The fourth-order valence-corrected chi connectivity index (χ4v) is 2.77. The molecule has 0 spiro atoms. The van der Waals surface area contributed by atoms with Crippen LogP contribution in [0.25, 0.3) is 0 Å². The van der Waals surface area contributed by atoms with Crippen molar-refractivity contribution in [2.24, 2.45) is 0 Å². The molecular weight excluding hydrogens is 243 g/mol. The Hall–Kier alpha value is -1.44. The Morgan fingerprint density at radius 2 is 2.32 bits per heavy atom. The van der Waals surface area contributed by atoms with Crippen LogP contribution in [0.5, 0.6) is 0 Å². The highest BCUT2D eigenvalue weighted by Gasteiger charge is 2.26. The van der Waals surface area contributed by atoms with Crippen molar-refractivity contribution >= 4 is 0 Å². The van der Waals surface area contributed by atoms with Crippen molar-refractivity contribution in [1.29, 1.82) is 5.26 Å². The first-order valence-corrected chi connectivity index (χ1v) is 6.72. The Bertz CT molecular complexity index is 482. The van der Waals surface area contributed by atoms with Gasteiger partial charge in [0.05, 0.1) is 17.7 Å². The van der Waals surface area contributed by atoms with Gasteiger partial charge in [-0.25, -0.2) is 4.39 Å². The van der Waals surface area contributed by atoms with Gasteiger partial charge >= 0.3 is 0 Å². The smallest absolute Gasteiger partial charge is 0.124 e. The Kier molecular flexibility index (Phi) is 4.52. The number of piperidine rings is 1. The van der Waals surface area contributed by atoms with Crippen LogP contribution in [0.3, 0.4) is 0 Å². The van der Waals surface area contributed by atoms with Crippen molar-refractivity contribution in [2.45, 2.75) is 44.9 Å². The van der Waals surface area contributed by atoms with E-state index in [9.17, 15) is 9.50 Å². The zero-order chi connectivity index (χ0) is 13.8. The average molecular weight is 262 g/mol. The number of hydrogen-bond acceptors (Lipinski definition) is 3. The summed E-state index contributed by atoms with van der Waals surface area (Å²) in [5.41, 5.74) is 1.21. The van der Waals surface area contributed by atoms with Gasteiger partial charge in [0, 0.05) is 12.6 Å². The third-order valence-electron chi connectivity index (χ3n) is 3.79. The van der Waals surface area contributed by atoms with Gasteiger partial charge in [-0.05, 0) is 44.0 Å². The summed E-state index contributed by atoms with van der Waals surface area (Å²) in [5, 5.41) is 18.9. The van der Waals surface area contributed by atoms with Gasteiger partial charge < -0.3 is 5.11 Å². The molecule has 102 valence electrons. The molecule has 0 aromatic heterocycles. The van der Waals surface area contributed by atoms with Gasteiger partial charge in [0.1, 0.15) is 5.82 Å². The molecule has 0 saturated carbocycles. The highest BCUT2D eigenvalue weighted by atomic mass is 19.1. The van der Waals surface area contributed by atoms with E-state index >= 15 is 0 Å². The van der Waals surface area contributed by atoms with Crippen molar-refractivity contribution in [2.75, 3.05) is 6.54 Å². The van der Waals surface area contributed by atoms with Crippen LogP contribution in [0.15, 0.2) is 18.2 Å². The quantitative estimate of drug-likeness (QED) is 0.910. The summed E-state index contributed by atoms with van der Waals surface area (Å²) in [6.45, 7) is 3.31. The molecule has 0 radical (unpaired) electrons. The van der Waals surface area contributed by atoms with E-state index in [1.165, 1.54) is 12.1 Å². The van der Waals surface area contributed by atoms with Gasteiger partial charge in [-0.15, -0.1) is 0 Å². The molecule has 0 bridgehead atoms. The van der Waals surface area contributed by atoms with E-state index in [4.69, 9.17) is 5.26 Å². The molecule has 3 nitrogen and oxygen atoms in total. The first kappa shape index (κ1) is 14.0. The Balaban J connectivity index is 2.17. The second-order valence-corrected chi connectivity index (χ2v) is 5.19. The molecule has 2 unspecified atom stereocenters. The second kappa shape index (κ2) is 6.14. The summed E-state index contributed by atoms with van der Waals surface area (Å²) in [6, 6.07) is 6.50. The summed E-state index contributed by atoms with van der Waals surface area (Å²) in [7, 11) is 0. The molecule has 0 aliphatic carbocycles. The Morgan fingerprint density at radius 1 is 1.53 bits per heavy atom. The minimum absolute atomic E-state index is 0.130. The van der Waals surface area contributed by atoms with Gasteiger partial charge in [-0.2, -0.15) is 5.26 Å². The lowest BCUT2D eigenvalue weighted by Gasteiger charge is -2.37. The summed E-state index contributed by atoms with van der Waals surface area (Å²) >= 11 is 0. The Labute approximate surface area is 113 Å². The molecule has 1 saturated heterocycles. The highest BCUT2D eigenvalue weighted by molar-refractivity contribution is 5.37. The number of nitriles is 1. The number of rotatable bonds is 3. The molecule has 1 N–H and O–H groups in total. The predicted octanol–water partition coefficient (Wildman–Crippen LogP) is 2.43. The van der Waals surface area contributed by atoms with Crippen molar-refractivity contribution in [3.8, 4) is 6.07 Å². The highest BCUT2D eigenvalue weighted by Crippen LogP contribution is 2.23. The first-order valence-electron chi connectivity index (χ1n) is 6.72. The number of benzene rings is 1. The molecule has 2 rings (SSSR count). The topological polar surface area (TPSA) is 47.3 Å². The molecule has 0 amide bonds. The zero-order valence-corrected chi connectivity index (χ0v) is 11.1. The molecule has 1 aromatic rings. The Morgan fingerprint density at radius 3 is 3.00 bits per heavy atom. The molecule has 1 heterocycles. The summed E-state index contributed by atoms with van der Waals surface area (Å²) in [4.78, 5) is 2.20. The lowest BCUT2D eigenvalue weighted by atomic mass is 9.96. The van der Waals surface area contributed by atoms with Gasteiger partial charge in [-0.1, -0.05) is 12.5 Å². The van der Waals surface area contributed by atoms with E-state index in [-0.39, 0.29) is 18.0 Å². The molecule has 1 aliphatic rings. The third-order valence-corrected chi connectivity index (χ3v) is 3.79. The van der Waals surface area contributed by atoms with E-state index in [2.05, 4.69) is 4.90 Å². The monoisotopic (exact) mass is 262 g/mol. The second-order valence-electron chi connectivity index (χ2n) is 5.19. The molecule has 2 atom stereocenters. The number of aliphatic hydroxyl groups is 1. The summed E-state index contributed by atoms with van der Waals surface area (Å²) in [5.74, 6) is -0.383. The fourth-order valence-electron chi connectivity index (χ4n) is 2.77. The normalized spacial score (nSPS) is 21.9. The van der Waals surface area contributed by atoms with Crippen molar-refractivity contribution < 1.29 is 9.50 Å². The number of hydrogen-bond donors (Lipinski definition) is 1. The third kappa shape index (κ3) is 3.31. The molecule has 1 aromatic carbocycles. The van der Waals surface area contributed by atoms with Crippen LogP contribution < -0.4 is 0 Å². The largest absolute Gasteiger partial charge is 0.392 e. The minimum atomic E-state index is -0.383. The lowest BCUT2D eigenvalue weighted by molar-refractivity contribution is 0.0316. The van der Waals surface area contributed by atoms with Crippen LogP contribution in [-0.2, 0) is 6.54 Å². The van der Waals surface area contributed by atoms with Crippen molar-refractivity contribution in [1.82, 2.24) is 4.90 Å². The molecule has 1 aliphatic heterocycles. The summed E-state index contributed by atoms with van der Waals surface area (Å²) < 4.78 is 13.1. The maximum absolute atomic E-state index is 13.1. The standard InChI is InChI=1S/C15H19FN2O/c1-11(19)15-4-2-3-7-18(15)10-12-5-6-14(16)8-13(12)9-17/h5-6,8,11,15,19H,2-4,7,10H2,1H3. The van der Waals surface area contributed by atoms with E-state index < -0.39 is 0 Å². The summed E-state index contributed by atoms with van der Waals surface area (Å²) in [6.07, 6.45) is 2.82. The lowest BCUT2D eigenvalue weighted by Crippen LogP contribution is -2.45. The van der Waals surface area contributed by atoms with Crippen LogP contribution in [0.1, 0.15) is 37.3 Å². The molecule has 1 fully saturated rings. The van der Waals surface area contributed by atoms with Gasteiger partial charge in [0.25, 0.3) is 0 Å². The van der Waals surface area contributed by atoms with Crippen LogP contribution in [0.2, 0.25) is 0 Å². The maximum Gasteiger partial charge on any atom is 0.124 e. The number of aliphatic hydroxyl groups excluding tert-OH is 1.